The van der Waals surface area contributed by atoms with Crippen molar-refractivity contribution in [2.45, 2.75) is 26.2 Å². The molecule has 4 heteroatoms. The molecule has 1 aromatic carbocycles. The van der Waals surface area contributed by atoms with Crippen LogP contribution < -0.4 is 0 Å². The van der Waals surface area contributed by atoms with Crippen LogP contribution in [0.2, 0.25) is 0 Å². The molecule has 84 valence electrons. The maximum absolute atomic E-state index is 13.6. The quantitative estimate of drug-likeness (QED) is 0.738. The van der Waals surface area contributed by atoms with Gasteiger partial charge in [0.25, 0.3) is 0 Å². The zero-order chi connectivity index (χ0) is 11.8. The van der Waals surface area contributed by atoms with Gasteiger partial charge < -0.3 is 0 Å². The van der Waals surface area contributed by atoms with Crippen LogP contribution in [0.5, 0.6) is 0 Å². The minimum Gasteiger partial charge on any atom is -0.285 e. The lowest BCUT2D eigenvalue weighted by Gasteiger charge is -2.20. The molecule has 16 heavy (non-hydrogen) atoms. The molecule has 0 fully saturated rings. The largest absolute Gasteiger partial charge is 0.285 e. The first-order chi connectivity index (χ1) is 7.48. The van der Waals surface area contributed by atoms with Gasteiger partial charge in [0.1, 0.15) is 18.5 Å². The van der Waals surface area contributed by atoms with E-state index >= 15 is 0 Å². The molecule has 2 rings (SSSR count). The summed E-state index contributed by atoms with van der Waals surface area (Å²) in [7, 11) is 0. The van der Waals surface area contributed by atoms with E-state index in [0.717, 1.165) is 5.56 Å². The van der Waals surface area contributed by atoms with Crippen molar-refractivity contribution < 1.29 is 4.39 Å². The smallest absolute Gasteiger partial charge is 0.147 e. The fraction of sp³-hybridized carbons (Fsp3) is 0.333. The van der Waals surface area contributed by atoms with E-state index in [1.165, 1.54) is 18.7 Å². The van der Waals surface area contributed by atoms with Crippen molar-refractivity contribution in [2.75, 3.05) is 0 Å². The van der Waals surface area contributed by atoms with Crippen LogP contribution in [-0.4, -0.2) is 14.8 Å². The van der Waals surface area contributed by atoms with Crippen molar-refractivity contribution >= 4 is 0 Å². The number of halogens is 1. The zero-order valence-corrected chi connectivity index (χ0v) is 9.61. The summed E-state index contributed by atoms with van der Waals surface area (Å²) in [6.45, 7) is 6.28. The highest BCUT2D eigenvalue weighted by Crippen LogP contribution is 2.25. The molecular formula is C12H14FN3. The topological polar surface area (TPSA) is 30.7 Å². The highest BCUT2D eigenvalue weighted by molar-refractivity contribution is 5.39. The van der Waals surface area contributed by atoms with Crippen molar-refractivity contribution in [3.05, 3.63) is 42.2 Å². The number of hydrogen-bond acceptors (Lipinski definition) is 2. The molecule has 2 aromatic rings. The van der Waals surface area contributed by atoms with E-state index in [2.05, 4.69) is 31.0 Å². The van der Waals surface area contributed by atoms with Gasteiger partial charge in [0.15, 0.2) is 0 Å². The number of hydrogen-bond donors (Lipinski definition) is 0. The predicted octanol–water partition coefficient (Wildman–Crippen LogP) is 2.70. The summed E-state index contributed by atoms with van der Waals surface area (Å²) in [5.74, 6) is -0.271. The predicted molar refractivity (Wildman–Crippen MR) is 60.0 cm³/mol. The Morgan fingerprint density at radius 2 is 1.75 bits per heavy atom. The van der Waals surface area contributed by atoms with Gasteiger partial charge in [-0.3, -0.25) is 4.57 Å². The molecule has 1 aromatic heterocycles. The molecule has 0 saturated carbocycles. The molecule has 3 nitrogen and oxygen atoms in total. The molecule has 0 aliphatic heterocycles. The maximum Gasteiger partial charge on any atom is 0.147 e. The second-order valence-electron chi connectivity index (χ2n) is 4.79. The van der Waals surface area contributed by atoms with Gasteiger partial charge >= 0.3 is 0 Å². The Hall–Kier alpha value is -1.71. The summed E-state index contributed by atoms with van der Waals surface area (Å²) in [5, 5.41) is 7.36. The third-order valence-electron chi connectivity index (χ3n) is 2.51. The molecule has 0 amide bonds. The van der Waals surface area contributed by atoms with Gasteiger partial charge in [-0.05, 0) is 23.1 Å². The van der Waals surface area contributed by atoms with Crippen molar-refractivity contribution in [2.24, 2.45) is 0 Å². The van der Waals surface area contributed by atoms with Crippen LogP contribution in [-0.2, 0) is 5.41 Å². The van der Waals surface area contributed by atoms with E-state index in [1.807, 2.05) is 12.1 Å². The minimum absolute atomic E-state index is 0.00351. The van der Waals surface area contributed by atoms with Crippen LogP contribution >= 0.6 is 0 Å². The monoisotopic (exact) mass is 219 g/mol. The van der Waals surface area contributed by atoms with E-state index < -0.39 is 0 Å². The second kappa shape index (κ2) is 3.70. The van der Waals surface area contributed by atoms with Gasteiger partial charge in [-0.15, -0.1) is 10.2 Å². The minimum atomic E-state index is -0.271. The molecule has 0 radical (unpaired) electrons. The Kier molecular flexibility index (Phi) is 2.50. The van der Waals surface area contributed by atoms with Gasteiger partial charge in [0, 0.05) is 0 Å². The highest BCUT2D eigenvalue weighted by atomic mass is 19.1. The first kappa shape index (κ1) is 10.8. The van der Waals surface area contributed by atoms with Crippen LogP contribution in [0.1, 0.15) is 26.3 Å². The Morgan fingerprint density at radius 3 is 2.31 bits per heavy atom. The molecule has 1 heterocycles. The summed E-state index contributed by atoms with van der Waals surface area (Å²) in [6, 6.07) is 5.12. The van der Waals surface area contributed by atoms with Gasteiger partial charge in [0.2, 0.25) is 0 Å². The van der Waals surface area contributed by atoms with Gasteiger partial charge in [-0.2, -0.15) is 0 Å². The van der Waals surface area contributed by atoms with E-state index in [1.54, 1.807) is 4.57 Å². The van der Waals surface area contributed by atoms with E-state index in [4.69, 9.17) is 0 Å². The fourth-order valence-corrected chi connectivity index (χ4v) is 1.50. The summed E-state index contributed by atoms with van der Waals surface area (Å²) in [6.07, 6.45) is 2.98. The Bertz CT molecular complexity index is 483. The first-order valence-corrected chi connectivity index (χ1v) is 5.13. The Labute approximate surface area is 93.9 Å². The molecule has 0 saturated heterocycles. The molecule has 0 aliphatic rings. The summed E-state index contributed by atoms with van der Waals surface area (Å²) >= 11 is 0. The second-order valence-corrected chi connectivity index (χ2v) is 4.79. The standard InChI is InChI=1S/C12H14FN3/c1-12(2,3)9-4-5-10(13)11(6-9)16-7-14-15-8-16/h4-8H,1-3H3. The number of rotatable bonds is 1. The number of aromatic nitrogens is 3. The summed E-state index contributed by atoms with van der Waals surface area (Å²) < 4.78 is 15.2. The lowest BCUT2D eigenvalue weighted by molar-refractivity contribution is 0.579. The highest BCUT2D eigenvalue weighted by Gasteiger charge is 2.16. The van der Waals surface area contributed by atoms with Gasteiger partial charge in [0.05, 0.1) is 5.69 Å². The Balaban J connectivity index is 2.54. The molecule has 0 bridgehead atoms. The molecule has 0 atom stereocenters. The lowest BCUT2D eigenvalue weighted by Crippen LogP contribution is -2.12. The number of benzene rings is 1. The van der Waals surface area contributed by atoms with E-state index in [-0.39, 0.29) is 11.2 Å². The third-order valence-corrected chi connectivity index (χ3v) is 2.51. The summed E-state index contributed by atoms with van der Waals surface area (Å²) in [4.78, 5) is 0. The fourth-order valence-electron chi connectivity index (χ4n) is 1.50. The van der Waals surface area contributed by atoms with Crippen molar-refractivity contribution in [3.8, 4) is 5.69 Å². The summed E-state index contributed by atoms with van der Waals surface area (Å²) in [5.41, 5.74) is 1.56. The van der Waals surface area contributed by atoms with Crippen LogP contribution in [0.3, 0.4) is 0 Å². The lowest BCUT2D eigenvalue weighted by atomic mass is 9.87. The first-order valence-electron chi connectivity index (χ1n) is 5.13. The average Bonchev–Trinajstić information content (AvgIpc) is 2.69. The van der Waals surface area contributed by atoms with Crippen LogP contribution in [0.15, 0.2) is 30.9 Å². The Morgan fingerprint density at radius 1 is 1.12 bits per heavy atom. The molecular weight excluding hydrogens is 205 g/mol. The SMILES string of the molecule is CC(C)(C)c1ccc(F)c(-n2cnnc2)c1. The van der Waals surface area contributed by atoms with Gasteiger partial charge in [-0.25, -0.2) is 4.39 Å². The van der Waals surface area contributed by atoms with Crippen molar-refractivity contribution in [1.82, 2.24) is 14.8 Å². The van der Waals surface area contributed by atoms with Crippen LogP contribution in [0.25, 0.3) is 5.69 Å². The van der Waals surface area contributed by atoms with Crippen molar-refractivity contribution in [1.29, 1.82) is 0 Å². The third kappa shape index (κ3) is 1.96. The van der Waals surface area contributed by atoms with Crippen molar-refractivity contribution in [3.63, 3.8) is 0 Å². The van der Waals surface area contributed by atoms with E-state index in [9.17, 15) is 4.39 Å². The normalized spacial score (nSPS) is 11.8. The number of nitrogens with zero attached hydrogens (tertiary/aromatic N) is 3. The molecule has 0 N–H and O–H groups in total. The molecule has 0 spiro atoms. The van der Waals surface area contributed by atoms with E-state index in [0.29, 0.717) is 5.69 Å². The van der Waals surface area contributed by atoms with Crippen LogP contribution in [0.4, 0.5) is 4.39 Å². The van der Waals surface area contributed by atoms with Crippen LogP contribution in [0, 0.1) is 5.82 Å². The average molecular weight is 219 g/mol. The van der Waals surface area contributed by atoms with Gasteiger partial charge in [-0.1, -0.05) is 26.8 Å². The maximum atomic E-state index is 13.6. The molecule has 0 unspecified atom stereocenters. The molecule has 0 aliphatic carbocycles. The zero-order valence-electron chi connectivity index (χ0n) is 9.61.